The molecule has 1 saturated carbocycles. The van der Waals surface area contributed by atoms with Gasteiger partial charge in [0.05, 0.1) is 12.1 Å². The normalized spacial score (nSPS) is 32.2. The summed E-state index contributed by atoms with van der Waals surface area (Å²) in [5.41, 5.74) is 1.42. The predicted octanol–water partition coefficient (Wildman–Crippen LogP) is 2.35. The molecule has 2 amide bonds. The third-order valence-corrected chi connectivity index (χ3v) is 4.21. The van der Waals surface area contributed by atoms with Crippen molar-refractivity contribution in [2.75, 3.05) is 7.05 Å². The van der Waals surface area contributed by atoms with Crippen LogP contribution < -0.4 is 5.32 Å². The summed E-state index contributed by atoms with van der Waals surface area (Å²) in [4.78, 5) is 13.5. The fourth-order valence-electron chi connectivity index (χ4n) is 3.18. The Morgan fingerprint density at radius 2 is 2.00 bits per heavy atom. The maximum Gasteiger partial charge on any atom is 0.317 e. The first kappa shape index (κ1) is 10.6. The Bertz CT molecular complexity index is 417. The number of carbonyl (C=O) groups is 1. The second-order valence-electron chi connectivity index (χ2n) is 5.15. The van der Waals surface area contributed by atoms with Gasteiger partial charge in [-0.15, -0.1) is 0 Å². The van der Waals surface area contributed by atoms with Gasteiger partial charge < -0.3 is 10.2 Å². The molecule has 1 heterocycles. The number of likely N-dealkylation sites (N-methyl/N-ethyl adjacent to an activating group) is 1. The van der Waals surface area contributed by atoms with Crippen molar-refractivity contribution in [3.05, 3.63) is 35.9 Å². The van der Waals surface area contributed by atoms with E-state index < -0.39 is 0 Å². The van der Waals surface area contributed by atoms with E-state index in [0.29, 0.717) is 18.0 Å². The molecule has 90 valence electrons. The smallest absolute Gasteiger partial charge is 0.317 e. The van der Waals surface area contributed by atoms with Crippen LogP contribution in [0.1, 0.15) is 30.7 Å². The summed E-state index contributed by atoms with van der Waals surface area (Å²) in [5.74, 6) is 0.604. The zero-order valence-corrected chi connectivity index (χ0v) is 10.1. The van der Waals surface area contributed by atoms with Crippen LogP contribution in [0.3, 0.4) is 0 Å². The Morgan fingerprint density at radius 3 is 2.76 bits per heavy atom. The maximum absolute atomic E-state index is 11.6. The summed E-state index contributed by atoms with van der Waals surface area (Å²) >= 11 is 0. The molecule has 1 aliphatic carbocycles. The largest absolute Gasteiger partial charge is 0.333 e. The third kappa shape index (κ3) is 1.79. The number of hydrogen-bond donors (Lipinski definition) is 1. The highest BCUT2D eigenvalue weighted by molar-refractivity contribution is 5.77. The van der Waals surface area contributed by atoms with E-state index in [1.165, 1.54) is 12.0 Å². The summed E-state index contributed by atoms with van der Waals surface area (Å²) in [6.45, 7) is 0. The molecule has 3 atom stereocenters. The average molecular weight is 230 g/mol. The molecule has 1 saturated heterocycles. The average Bonchev–Trinajstić information content (AvgIpc) is 2.66. The zero-order chi connectivity index (χ0) is 11.8. The van der Waals surface area contributed by atoms with Crippen LogP contribution in [0.2, 0.25) is 0 Å². The van der Waals surface area contributed by atoms with Gasteiger partial charge in [0.25, 0.3) is 0 Å². The Morgan fingerprint density at radius 1 is 1.24 bits per heavy atom. The lowest BCUT2D eigenvalue weighted by atomic mass is 9.79. The van der Waals surface area contributed by atoms with Crippen molar-refractivity contribution in [1.82, 2.24) is 10.2 Å². The van der Waals surface area contributed by atoms with Gasteiger partial charge in [0.15, 0.2) is 0 Å². The molecule has 0 bridgehead atoms. The Kier molecular flexibility index (Phi) is 2.54. The van der Waals surface area contributed by atoms with Gasteiger partial charge in [-0.1, -0.05) is 30.3 Å². The predicted molar refractivity (Wildman–Crippen MR) is 66.9 cm³/mol. The number of fused-ring (bicyclic) bond motifs is 1. The van der Waals surface area contributed by atoms with E-state index in [2.05, 4.69) is 35.6 Å². The topological polar surface area (TPSA) is 32.3 Å². The number of nitrogens with zero attached hydrogens (tertiary/aromatic N) is 1. The van der Waals surface area contributed by atoms with Crippen LogP contribution in [-0.4, -0.2) is 30.1 Å². The van der Waals surface area contributed by atoms with Crippen LogP contribution in [0.4, 0.5) is 4.79 Å². The first-order valence-corrected chi connectivity index (χ1v) is 6.34. The van der Waals surface area contributed by atoms with Crippen LogP contribution in [0.15, 0.2) is 30.3 Å². The Labute approximate surface area is 102 Å². The molecule has 1 aromatic carbocycles. The van der Waals surface area contributed by atoms with Crippen molar-refractivity contribution in [3.8, 4) is 0 Å². The fourth-order valence-corrected chi connectivity index (χ4v) is 3.18. The summed E-state index contributed by atoms with van der Waals surface area (Å²) in [6, 6.07) is 11.5. The summed E-state index contributed by atoms with van der Waals surface area (Å²) in [5, 5.41) is 3.06. The third-order valence-electron chi connectivity index (χ3n) is 4.21. The van der Waals surface area contributed by atoms with Gasteiger partial charge in [0.1, 0.15) is 0 Å². The highest BCUT2D eigenvalue weighted by Gasteiger charge is 2.41. The van der Waals surface area contributed by atoms with E-state index in [9.17, 15) is 4.79 Å². The van der Waals surface area contributed by atoms with Crippen molar-refractivity contribution in [2.45, 2.75) is 37.3 Å². The van der Waals surface area contributed by atoms with Crippen LogP contribution in [0, 0.1) is 0 Å². The number of amides is 2. The molecule has 0 spiro atoms. The highest BCUT2D eigenvalue weighted by Crippen LogP contribution is 2.36. The van der Waals surface area contributed by atoms with Gasteiger partial charge in [-0.2, -0.15) is 0 Å². The van der Waals surface area contributed by atoms with Crippen molar-refractivity contribution in [2.24, 2.45) is 0 Å². The number of rotatable bonds is 1. The van der Waals surface area contributed by atoms with Gasteiger partial charge in [0, 0.05) is 7.05 Å². The molecule has 2 fully saturated rings. The van der Waals surface area contributed by atoms with Gasteiger partial charge in [-0.05, 0) is 30.7 Å². The standard InChI is InChI=1S/C14H18N2O/c1-16-13-9-11(10-5-3-2-4-6-10)7-8-12(13)15-14(16)17/h2-6,11-13H,7-9H2,1H3,(H,15,17)/t11?,12-,13-/m0/s1. The first-order valence-electron chi connectivity index (χ1n) is 6.34. The highest BCUT2D eigenvalue weighted by atomic mass is 16.2. The van der Waals surface area contributed by atoms with Gasteiger partial charge in [-0.3, -0.25) is 0 Å². The van der Waals surface area contributed by atoms with Crippen LogP contribution >= 0.6 is 0 Å². The van der Waals surface area contributed by atoms with Crippen molar-refractivity contribution < 1.29 is 4.79 Å². The molecule has 0 radical (unpaired) electrons. The number of urea groups is 1. The summed E-state index contributed by atoms with van der Waals surface area (Å²) < 4.78 is 0. The molecule has 1 aromatic rings. The van der Waals surface area contributed by atoms with Crippen LogP contribution in [-0.2, 0) is 0 Å². The lowest BCUT2D eigenvalue weighted by Gasteiger charge is -2.33. The lowest BCUT2D eigenvalue weighted by molar-refractivity contribution is 0.203. The minimum atomic E-state index is 0.0914. The Hall–Kier alpha value is -1.51. The van der Waals surface area contributed by atoms with E-state index >= 15 is 0 Å². The second-order valence-corrected chi connectivity index (χ2v) is 5.15. The van der Waals surface area contributed by atoms with Crippen molar-refractivity contribution in [3.63, 3.8) is 0 Å². The molecule has 0 aromatic heterocycles. The van der Waals surface area contributed by atoms with E-state index in [0.717, 1.165) is 12.8 Å². The number of benzene rings is 1. The maximum atomic E-state index is 11.6. The minimum absolute atomic E-state index is 0.0914. The number of hydrogen-bond acceptors (Lipinski definition) is 1. The SMILES string of the molecule is CN1C(=O)N[C@H]2CCC(c3ccccc3)C[C@@H]21. The number of nitrogens with one attached hydrogen (secondary N) is 1. The van der Waals surface area contributed by atoms with E-state index in [-0.39, 0.29) is 6.03 Å². The van der Waals surface area contributed by atoms with Gasteiger partial charge in [0.2, 0.25) is 0 Å². The van der Waals surface area contributed by atoms with E-state index in [4.69, 9.17) is 0 Å². The van der Waals surface area contributed by atoms with Gasteiger partial charge in [-0.25, -0.2) is 4.79 Å². The molecular formula is C14H18N2O. The fraction of sp³-hybridized carbons (Fsp3) is 0.500. The van der Waals surface area contributed by atoms with Crippen molar-refractivity contribution >= 4 is 6.03 Å². The van der Waals surface area contributed by atoms with Gasteiger partial charge >= 0.3 is 6.03 Å². The molecule has 1 unspecified atom stereocenters. The molecule has 3 heteroatoms. The molecule has 2 aliphatic rings. The second kappa shape index (κ2) is 4.06. The van der Waals surface area contributed by atoms with E-state index in [1.807, 2.05) is 11.9 Å². The summed E-state index contributed by atoms with van der Waals surface area (Å²) in [6.07, 6.45) is 3.36. The molecule has 3 rings (SSSR count). The molecule has 3 nitrogen and oxygen atoms in total. The van der Waals surface area contributed by atoms with E-state index in [1.54, 1.807) is 0 Å². The quantitative estimate of drug-likeness (QED) is 0.789. The minimum Gasteiger partial charge on any atom is -0.333 e. The number of carbonyl (C=O) groups excluding carboxylic acids is 1. The Balaban J connectivity index is 1.78. The van der Waals surface area contributed by atoms with Crippen LogP contribution in [0.25, 0.3) is 0 Å². The molecule has 1 aliphatic heterocycles. The van der Waals surface area contributed by atoms with Crippen molar-refractivity contribution in [1.29, 1.82) is 0 Å². The molecule has 17 heavy (non-hydrogen) atoms. The molecule has 1 N–H and O–H groups in total. The van der Waals surface area contributed by atoms with Crippen LogP contribution in [0.5, 0.6) is 0 Å². The zero-order valence-electron chi connectivity index (χ0n) is 10.1. The molecular weight excluding hydrogens is 212 g/mol. The first-order chi connectivity index (χ1) is 8.25. The summed E-state index contributed by atoms with van der Waals surface area (Å²) in [7, 11) is 1.91. The lowest BCUT2D eigenvalue weighted by Crippen LogP contribution is -2.39. The monoisotopic (exact) mass is 230 g/mol.